The van der Waals surface area contributed by atoms with Crippen molar-refractivity contribution in [2.45, 2.75) is 6.42 Å². The van der Waals surface area contributed by atoms with Crippen LogP contribution in [0.5, 0.6) is 0 Å². The van der Waals surface area contributed by atoms with Gasteiger partial charge in [-0.15, -0.1) is 0 Å². The molecule has 0 aromatic heterocycles. The highest BCUT2D eigenvalue weighted by molar-refractivity contribution is 7.92. The van der Waals surface area contributed by atoms with Crippen LogP contribution in [-0.4, -0.2) is 27.1 Å². The number of rotatable bonds is 6. The summed E-state index contributed by atoms with van der Waals surface area (Å²) < 4.78 is 38.2. The third-order valence-corrected chi connectivity index (χ3v) is 4.71. The van der Waals surface area contributed by atoms with Crippen LogP contribution in [0.25, 0.3) is 0 Å². The summed E-state index contributed by atoms with van der Waals surface area (Å²) in [4.78, 5) is 12.0. The standard InChI is InChI=1S/C16H16ClFN2O3S/c1-24(22,23)20(13-6-4-5-12(18)11-13)10-9-16(21)19-15-8-3-2-7-14(15)17/h2-8,11H,9-10H2,1H3,(H,19,21). The molecule has 0 aliphatic rings. The monoisotopic (exact) mass is 370 g/mol. The third-order valence-electron chi connectivity index (χ3n) is 3.19. The van der Waals surface area contributed by atoms with Crippen LogP contribution in [0.15, 0.2) is 48.5 Å². The van der Waals surface area contributed by atoms with Gasteiger partial charge in [0.05, 0.1) is 22.7 Å². The number of hydrogen-bond acceptors (Lipinski definition) is 3. The number of anilines is 2. The zero-order valence-corrected chi connectivity index (χ0v) is 14.4. The molecule has 0 spiro atoms. The Balaban J connectivity index is 2.09. The highest BCUT2D eigenvalue weighted by Gasteiger charge is 2.19. The highest BCUT2D eigenvalue weighted by atomic mass is 35.5. The molecule has 24 heavy (non-hydrogen) atoms. The molecule has 0 unspecified atom stereocenters. The second kappa shape index (κ2) is 7.63. The van der Waals surface area contributed by atoms with Crippen molar-refractivity contribution in [1.29, 1.82) is 0 Å². The van der Waals surface area contributed by atoms with E-state index in [1.807, 2.05) is 0 Å². The third kappa shape index (κ3) is 4.94. The van der Waals surface area contributed by atoms with Crippen molar-refractivity contribution in [2.24, 2.45) is 0 Å². The lowest BCUT2D eigenvalue weighted by Crippen LogP contribution is -2.33. The van der Waals surface area contributed by atoms with Crippen LogP contribution in [0.4, 0.5) is 15.8 Å². The Bertz CT molecular complexity index is 843. The summed E-state index contributed by atoms with van der Waals surface area (Å²) in [5, 5.41) is 3.00. The van der Waals surface area contributed by atoms with E-state index in [1.54, 1.807) is 24.3 Å². The van der Waals surface area contributed by atoms with E-state index in [9.17, 15) is 17.6 Å². The number of carbonyl (C=O) groups is 1. The van der Waals surface area contributed by atoms with Crippen LogP contribution >= 0.6 is 11.6 Å². The van der Waals surface area contributed by atoms with Gasteiger partial charge in [-0.05, 0) is 30.3 Å². The fourth-order valence-corrected chi connectivity index (χ4v) is 3.20. The van der Waals surface area contributed by atoms with Crippen LogP contribution in [0.2, 0.25) is 5.02 Å². The Hall–Kier alpha value is -2.12. The fraction of sp³-hybridized carbons (Fsp3) is 0.188. The predicted molar refractivity (Wildman–Crippen MR) is 93.3 cm³/mol. The average Bonchev–Trinajstić information content (AvgIpc) is 2.48. The molecule has 128 valence electrons. The first-order valence-corrected chi connectivity index (χ1v) is 9.27. The first-order chi connectivity index (χ1) is 11.3. The maximum Gasteiger partial charge on any atom is 0.232 e. The first-order valence-electron chi connectivity index (χ1n) is 7.05. The van der Waals surface area contributed by atoms with Gasteiger partial charge in [0.15, 0.2) is 0 Å². The molecule has 2 rings (SSSR count). The molecular formula is C16H16ClFN2O3S. The van der Waals surface area contributed by atoms with Gasteiger partial charge in [0, 0.05) is 13.0 Å². The van der Waals surface area contributed by atoms with Gasteiger partial charge in [-0.3, -0.25) is 9.10 Å². The number of benzene rings is 2. The quantitative estimate of drug-likeness (QED) is 0.848. The smallest absolute Gasteiger partial charge is 0.232 e. The Kier molecular flexibility index (Phi) is 5.80. The van der Waals surface area contributed by atoms with Crippen LogP contribution in [0, 0.1) is 5.82 Å². The van der Waals surface area contributed by atoms with Gasteiger partial charge in [-0.25, -0.2) is 12.8 Å². The minimum absolute atomic E-state index is 0.102. The molecule has 1 amide bonds. The molecule has 0 radical (unpaired) electrons. The lowest BCUT2D eigenvalue weighted by molar-refractivity contribution is -0.116. The van der Waals surface area contributed by atoms with Crippen molar-refractivity contribution in [1.82, 2.24) is 0 Å². The minimum Gasteiger partial charge on any atom is -0.325 e. The molecule has 8 heteroatoms. The van der Waals surface area contributed by atoms with E-state index in [0.29, 0.717) is 10.7 Å². The number of para-hydroxylation sites is 1. The van der Waals surface area contributed by atoms with Crippen LogP contribution < -0.4 is 9.62 Å². The number of nitrogens with one attached hydrogen (secondary N) is 1. The Labute approximate surface area is 145 Å². The predicted octanol–water partition coefficient (Wildman–Crippen LogP) is 3.27. The van der Waals surface area contributed by atoms with Crippen molar-refractivity contribution >= 4 is 38.9 Å². The highest BCUT2D eigenvalue weighted by Crippen LogP contribution is 2.22. The summed E-state index contributed by atoms with van der Waals surface area (Å²) in [5.74, 6) is -0.949. The van der Waals surface area contributed by atoms with Crippen molar-refractivity contribution in [3.8, 4) is 0 Å². The summed E-state index contributed by atoms with van der Waals surface area (Å²) in [6, 6.07) is 11.9. The average molecular weight is 371 g/mol. The van der Waals surface area contributed by atoms with E-state index in [-0.39, 0.29) is 18.7 Å². The molecule has 0 saturated carbocycles. The summed E-state index contributed by atoms with van der Waals surface area (Å²) in [7, 11) is -3.65. The maximum atomic E-state index is 13.3. The summed E-state index contributed by atoms with van der Waals surface area (Å²) in [6.07, 6.45) is 0.901. The lowest BCUT2D eigenvalue weighted by atomic mass is 10.3. The summed E-state index contributed by atoms with van der Waals surface area (Å²) in [6.45, 7) is -0.113. The lowest BCUT2D eigenvalue weighted by Gasteiger charge is -2.22. The molecule has 0 fully saturated rings. The minimum atomic E-state index is -3.65. The van der Waals surface area contributed by atoms with Gasteiger partial charge in [0.1, 0.15) is 5.82 Å². The zero-order valence-electron chi connectivity index (χ0n) is 12.9. The Morgan fingerprint density at radius 3 is 2.54 bits per heavy atom. The summed E-state index contributed by atoms with van der Waals surface area (Å²) >= 11 is 5.95. The number of amides is 1. The normalized spacial score (nSPS) is 11.1. The van der Waals surface area contributed by atoms with E-state index in [0.717, 1.165) is 16.6 Å². The largest absolute Gasteiger partial charge is 0.325 e. The van der Waals surface area contributed by atoms with Crippen LogP contribution in [0.3, 0.4) is 0 Å². The molecule has 2 aromatic rings. The second-order valence-electron chi connectivity index (χ2n) is 5.09. The molecule has 0 aliphatic carbocycles. The Morgan fingerprint density at radius 1 is 1.21 bits per heavy atom. The Morgan fingerprint density at radius 2 is 1.92 bits per heavy atom. The van der Waals surface area contributed by atoms with Gasteiger partial charge >= 0.3 is 0 Å². The van der Waals surface area contributed by atoms with E-state index >= 15 is 0 Å². The number of halogens is 2. The topological polar surface area (TPSA) is 66.5 Å². The molecule has 0 saturated heterocycles. The van der Waals surface area contributed by atoms with Gasteiger partial charge < -0.3 is 5.32 Å². The van der Waals surface area contributed by atoms with Crippen molar-refractivity contribution < 1.29 is 17.6 Å². The second-order valence-corrected chi connectivity index (χ2v) is 7.41. The maximum absolute atomic E-state index is 13.3. The van der Waals surface area contributed by atoms with Crippen molar-refractivity contribution in [3.05, 3.63) is 59.4 Å². The van der Waals surface area contributed by atoms with E-state index in [4.69, 9.17) is 11.6 Å². The van der Waals surface area contributed by atoms with E-state index in [1.165, 1.54) is 18.2 Å². The van der Waals surface area contributed by atoms with E-state index in [2.05, 4.69) is 5.32 Å². The van der Waals surface area contributed by atoms with Crippen molar-refractivity contribution in [3.63, 3.8) is 0 Å². The molecule has 5 nitrogen and oxygen atoms in total. The molecule has 0 atom stereocenters. The molecule has 1 N–H and O–H groups in total. The number of nitrogens with zero attached hydrogens (tertiary/aromatic N) is 1. The van der Waals surface area contributed by atoms with E-state index < -0.39 is 21.7 Å². The molecule has 0 heterocycles. The summed E-state index contributed by atoms with van der Waals surface area (Å²) in [5.41, 5.74) is 0.615. The zero-order chi connectivity index (χ0) is 17.7. The number of sulfonamides is 1. The van der Waals surface area contributed by atoms with Crippen molar-refractivity contribution in [2.75, 3.05) is 22.4 Å². The molecule has 2 aromatic carbocycles. The van der Waals surface area contributed by atoms with Gasteiger partial charge in [-0.1, -0.05) is 29.8 Å². The molecule has 0 aliphatic heterocycles. The fourth-order valence-electron chi connectivity index (χ4n) is 2.10. The SMILES string of the molecule is CS(=O)(=O)N(CCC(=O)Nc1ccccc1Cl)c1cccc(F)c1. The van der Waals surface area contributed by atoms with Gasteiger partial charge in [-0.2, -0.15) is 0 Å². The first kappa shape index (κ1) is 18.2. The van der Waals surface area contributed by atoms with Gasteiger partial charge in [0.25, 0.3) is 0 Å². The van der Waals surface area contributed by atoms with Crippen LogP contribution in [-0.2, 0) is 14.8 Å². The number of hydrogen-bond donors (Lipinski definition) is 1. The number of carbonyl (C=O) groups excluding carboxylic acids is 1. The molecule has 0 bridgehead atoms. The van der Waals surface area contributed by atoms with Gasteiger partial charge in [0.2, 0.25) is 15.9 Å². The van der Waals surface area contributed by atoms with Crippen LogP contribution in [0.1, 0.15) is 6.42 Å². The molecular weight excluding hydrogens is 355 g/mol.